The fourth-order valence-electron chi connectivity index (χ4n) is 2.57. The highest BCUT2D eigenvalue weighted by Crippen LogP contribution is 2.42. The summed E-state index contributed by atoms with van der Waals surface area (Å²) in [6.45, 7) is 6.13. The van der Waals surface area contributed by atoms with Gasteiger partial charge >= 0.3 is 0 Å². The third-order valence-electron chi connectivity index (χ3n) is 4.10. The highest BCUT2D eigenvalue weighted by Gasteiger charge is 2.40. The van der Waals surface area contributed by atoms with E-state index in [1.54, 1.807) is 0 Å². The van der Waals surface area contributed by atoms with Crippen LogP contribution in [0.4, 0.5) is 0 Å². The van der Waals surface area contributed by atoms with Crippen LogP contribution in [0.15, 0.2) is 12.3 Å². The van der Waals surface area contributed by atoms with Crippen molar-refractivity contribution < 1.29 is 4.80 Å². The van der Waals surface area contributed by atoms with Crippen molar-refractivity contribution in [1.29, 1.82) is 0 Å². The molecular formula is C14H28OSi. The average Bonchev–Trinajstić information content (AvgIpc) is 2.20. The number of hydrogen-bond acceptors (Lipinski definition) is 1. The molecule has 2 heteroatoms. The van der Waals surface area contributed by atoms with Crippen molar-refractivity contribution in [2.75, 3.05) is 0 Å². The summed E-state index contributed by atoms with van der Waals surface area (Å²) in [4.78, 5) is 10.6. The number of unbranched alkanes of at least 4 members (excludes halogenated alkanes) is 5. The van der Waals surface area contributed by atoms with E-state index in [0.29, 0.717) is 5.54 Å². The van der Waals surface area contributed by atoms with Crippen molar-refractivity contribution in [2.45, 2.75) is 76.3 Å². The molecule has 0 heterocycles. The van der Waals surface area contributed by atoms with Gasteiger partial charge in [0.15, 0.2) is 0 Å². The second-order valence-electron chi connectivity index (χ2n) is 5.34. The number of hydrogen-bond donors (Lipinski definition) is 1. The Balaban J connectivity index is 2.11. The average molecular weight is 240 g/mol. The summed E-state index contributed by atoms with van der Waals surface area (Å²) in [7, 11) is -2.04. The van der Waals surface area contributed by atoms with E-state index in [9.17, 15) is 4.80 Å². The highest BCUT2D eigenvalue weighted by atomic mass is 28.4. The summed E-state index contributed by atoms with van der Waals surface area (Å²) in [6, 6.07) is 1.06. The van der Waals surface area contributed by atoms with Gasteiger partial charge in [0.25, 0.3) is 0 Å². The van der Waals surface area contributed by atoms with Crippen molar-refractivity contribution in [3.05, 3.63) is 12.3 Å². The van der Waals surface area contributed by atoms with Gasteiger partial charge in [0.05, 0.1) is 0 Å². The fourth-order valence-corrected chi connectivity index (χ4v) is 5.74. The van der Waals surface area contributed by atoms with Gasteiger partial charge in [-0.3, -0.25) is 0 Å². The van der Waals surface area contributed by atoms with Crippen molar-refractivity contribution in [1.82, 2.24) is 0 Å². The zero-order chi connectivity index (χ0) is 11.9. The Labute approximate surface area is 102 Å². The Hall–Kier alpha value is -0.0831. The minimum atomic E-state index is -2.04. The molecule has 0 aromatic carbocycles. The van der Waals surface area contributed by atoms with Gasteiger partial charge in [-0.2, -0.15) is 0 Å². The maximum Gasteiger partial charge on any atom is 0.215 e. The van der Waals surface area contributed by atoms with E-state index in [1.165, 1.54) is 57.8 Å². The highest BCUT2D eigenvalue weighted by molar-refractivity contribution is 6.78. The second kappa shape index (κ2) is 7.28. The Morgan fingerprint density at radius 2 is 1.81 bits per heavy atom. The lowest BCUT2D eigenvalue weighted by molar-refractivity contribution is 0.413. The zero-order valence-electron chi connectivity index (χ0n) is 10.9. The quantitative estimate of drug-likeness (QED) is 0.462. The first-order valence-corrected chi connectivity index (χ1v) is 9.40. The van der Waals surface area contributed by atoms with Crippen molar-refractivity contribution in [3.8, 4) is 0 Å². The fraction of sp³-hybridized carbons (Fsp3) is 0.857. The molecule has 1 nitrogen and oxygen atoms in total. The molecule has 1 atom stereocenters. The molecule has 16 heavy (non-hydrogen) atoms. The van der Waals surface area contributed by atoms with Crippen LogP contribution in [0.1, 0.15) is 64.7 Å². The van der Waals surface area contributed by atoms with Gasteiger partial charge < -0.3 is 4.80 Å². The van der Waals surface area contributed by atoms with E-state index in [0.717, 1.165) is 6.04 Å². The van der Waals surface area contributed by atoms with Crippen LogP contribution in [-0.2, 0) is 0 Å². The molecule has 0 radical (unpaired) electrons. The van der Waals surface area contributed by atoms with Gasteiger partial charge in [-0.15, -0.1) is 6.58 Å². The van der Waals surface area contributed by atoms with E-state index >= 15 is 0 Å². The SMILES string of the molecule is C=C[Si](O)(CCCCCCCC)C1CCC1. The van der Waals surface area contributed by atoms with Gasteiger partial charge in [-0.1, -0.05) is 70.4 Å². The molecule has 1 fully saturated rings. The summed E-state index contributed by atoms with van der Waals surface area (Å²) in [5, 5.41) is 0. The molecule has 94 valence electrons. The Morgan fingerprint density at radius 1 is 1.19 bits per heavy atom. The topological polar surface area (TPSA) is 20.2 Å². The van der Waals surface area contributed by atoms with Crippen LogP contribution in [-0.4, -0.2) is 13.1 Å². The van der Waals surface area contributed by atoms with E-state index in [2.05, 4.69) is 13.5 Å². The maximum absolute atomic E-state index is 10.6. The Bertz CT molecular complexity index is 201. The summed E-state index contributed by atoms with van der Waals surface area (Å²) < 4.78 is 0. The first kappa shape index (κ1) is 14.0. The van der Waals surface area contributed by atoms with Crippen molar-refractivity contribution in [3.63, 3.8) is 0 Å². The molecule has 1 unspecified atom stereocenters. The van der Waals surface area contributed by atoms with Gasteiger partial charge in [0.1, 0.15) is 0 Å². The van der Waals surface area contributed by atoms with Crippen LogP contribution >= 0.6 is 0 Å². The summed E-state index contributed by atoms with van der Waals surface area (Å²) in [5.74, 6) is 0. The smallest absolute Gasteiger partial charge is 0.215 e. The van der Waals surface area contributed by atoms with Gasteiger partial charge in [-0.25, -0.2) is 0 Å². The van der Waals surface area contributed by atoms with Crippen molar-refractivity contribution >= 4 is 8.32 Å². The lowest BCUT2D eigenvalue weighted by Crippen LogP contribution is -2.41. The standard InChI is InChI=1S/C14H28OSi/c1-3-5-6-7-8-9-13-16(15,4-2)14-11-10-12-14/h4,14-15H,2-3,5-13H2,1H3. The van der Waals surface area contributed by atoms with E-state index in [4.69, 9.17) is 0 Å². The molecular weight excluding hydrogens is 212 g/mol. The van der Waals surface area contributed by atoms with E-state index < -0.39 is 8.32 Å². The maximum atomic E-state index is 10.6. The second-order valence-corrected chi connectivity index (χ2v) is 9.05. The minimum Gasteiger partial charge on any atom is -0.428 e. The monoisotopic (exact) mass is 240 g/mol. The molecule has 0 aliphatic heterocycles. The van der Waals surface area contributed by atoms with Crippen LogP contribution in [0.2, 0.25) is 11.6 Å². The largest absolute Gasteiger partial charge is 0.428 e. The predicted molar refractivity (Wildman–Crippen MR) is 74.0 cm³/mol. The molecule has 1 rings (SSSR count). The third-order valence-corrected chi connectivity index (χ3v) is 7.95. The molecule has 0 aromatic rings. The van der Waals surface area contributed by atoms with Gasteiger partial charge in [0, 0.05) is 0 Å². The molecule has 1 saturated carbocycles. The summed E-state index contributed by atoms with van der Waals surface area (Å²) >= 11 is 0. The van der Waals surface area contributed by atoms with Crippen LogP contribution in [0.25, 0.3) is 0 Å². The molecule has 1 aliphatic rings. The molecule has 1 aliphatic carbocycles. The first-order chi connectivity index (χ1) is 7.73. The van der Waals surface area contributed by atoms with E-state index in [1.807, 2.05) is 5.70 Å². The molecule has 0 bridgehead atoms. The van der Waals surface area contributed by atoms with E-state index in [-0.39, 0.29) is 0 Å². The molecule has 1 N–H and O–H groups in total. The van der Waals surface area contributed by atoms with Crippen LogP contribution < -0.4 is 0 Å². The summed E-state index contributed by atoms with van der Waals surface area (Å²) in [5.41, 5.74) is 2.57. The van der Waals surface area contributed by atoms with Crippen LogP contribution in [0.3, 0.4) is 0 Å². The first-order valence-electron chi connectivity index (χ1n) is 7.09. The Kier molecular flexibility index (Phi) is 6.36. The van der Waals surface area contributed by atoms with Gasteiger partial charge in [0.2, 0.25) is 8.32 Å². The molecule has 0 amide bonds. The molecule has 0 saturated heterocycles. The van der Waals surface area contributed by atoms with Crippen molar-refractivity contribution in [2.24, 2.45) is 0 Å². The third kappa shape index (κ3) is 4.06. The minimum absolute atomic E-state index is 0.639. The van der Waals surface area contributed by atoms with Crippen LogP contribution in [0.5, 0.6) is 0 Å². The number of rotatable bonds is 9. The lowest BCUT2D eigenvalue weighted by atomic mass is 10.00. The normalized spacial score (nSPS) is 20.1. The Morgan fingerprint density at radius 3 is 2.31 bits per heavy atom. The molecule has 0 aromatic heterocycles. The lowest BCUT2D eigenvalue weighted by Gasteiger charge is -2.37. The van der Waals surface area contributed by atoms with Crippen LogP contribution in [0, 0.1) is 0 Å². The predicted octanol–water partition coefficient (Wildman–Crippen LogP) is 4.56. The zero-order valence-corrected chi connectivity index (χ0v) is 11.9. The molecule has 0 spiro atoms. The summed E-state index contributed by atoms with van der Waals surface area (Å²) in [6.07, 6.45) is 11.7. The van der Waals surface area contributed by atoms with Gasteiger partial charge in [-0.05, 0) is 11.6 Å².